The summed E-state index contributed by atoms with van der Waals surface area (Å²) in [4.78, 5) is 14.6. The number of carboxylic acids is 1. The van der Waals surface area contributed by atoms with Crippen molar-refractivity contribution in [2.45, 2.75) is 6.42 Å². The highest BCUT2D eigenvalue weighted by Gasteiger charge is 2.07. The third-order valence-corrected chi connectivity index (χ3v) is 2.11. The summed E-state index contributed by atoms with van der Waals surface area (Å²) in [6, 6.07) is 3.50. The van der Waals surface area contributed by atoms with Gasteiger partial charge in [-0.3, -0.25) is 4.79 Å². The van der Waals surface area contributed by atoms with Crippen molar-refractivity contribution in [3.8, 4) is 0 Å². The lowest BCUT2D eigenvalue weighted by atomic mass is 10.3. The van der Waals surface area contributed by atoms with Crippen LogP contribution < -0.4 is 0 Å². The van der Waals surface area contributed by atoms with Gasteiger partial charge in [0.15, 0.2) is 5.65 Å². The van der Waals surface area contributed by atoms with E-state index < -0.39 is 5.97 Å². The van der Waals surface area contributed by atoms with Gasteiger partial charge in [0.25, 0.3) is 0 Å². The van der Waals surface area contributed by atoms with Crippen LogP contribution in [0, 0.1) is 0 Å². The van der Waals surface area contributed by atoms with Crippen molar-refractivity contribution in [1.29, 1.82) is 0 Å². The van der Waals surface area contributed by atoms with Crippen molar-refractivity contribution in [1.82, 2.24) is 9.38 Å². The molecular formula is C9H7ClN2O2. The van der Waals surface area contributed by atoms with Crippen LogP contribution in [0.1, 0.15) is 5.69 Å². The van der Waals surface area contributed by atoms with Crippen molar-refractivity contribution in [2.24, 2.45) is 0 Å². The molecule has 0 aliphatic rings. The molecule has 2 heterocycles. The summed E-state index contributed by atoms with van der Waals surface area (Å²) in [6.07, 6.45) is 3.35. The maximum absolute atomic E-state index is 10.4. The number of carboxylic acid groups (broad SMARTS) is 1. The van der Waals surface area contributed by atoms with E-state index in [1.807, 2.05) is 0 Å². The van der Waals surface area contributed by atoms with Crippen LogP contribution in [0.2, 0.25) is 5.02 Å². The normalized spacial score (nSPS) is 10.6. The predicted molar refractivity (Wildman–Crippen MR) is 51.5 cm³/mol. The Hall–Kier alpha value is -1.55. The van der Waals surface area contributed by atoms with Gasteiger partial charge in [-0.05, 0) is 12.1 Å². The molecule has 14 heavy (non-hydrogen) atoms. The van der Waals surface area contributed by atoms with Crippen molar-refractivity contribution in [3.63, 3.8) is 0 Å². The van der Waals surface area contributed by atoms with E-state index in [2.05, 4.69) is 4.98 Å². The molecule has 0 fully saturated rings. The monoisotopic (exact) mass is 210 g/mol. The summed E-state index contributed by atoms with van der Waals surface area (Å²) < 4.78 is 1.71. The molecule has 0 spiro atoms. The molecule has 0 unspecified atom stereocenters. The van der Waals surface area contributed by atoms with E-state index >= 15 is 0 Å². The number of imidazole rings is 1. The minimum atomic E-state index is -0.899. The van der Waals surface area contributed by atoms with Crippen molar-refractivity contribution in [2.75, 3.05) is 0 Å². The van der Waals surface area contributed by atoms with E-state index in [1.165, 1.54) is 0 Å². The fraction of sp³-hybridized carbons (Fsp3) is 0.111. The average Bonchev–Trinajstić information content (AvgIpc) is 2.47. The summed E-state index contributed by atoms with van der Waals surface area (Å²) in [7, 11) is 0. The standard InChI is InChI=1S/C9H7ClN2O2/c10-7-2-1-3-12-5-6(4-8(13)14)11-9(7)12/h1-3,5H,4H2,(H,13,14). The Morgan fingerprint density at radius 2 is 2.43 bits per heavy atom. The van der Waals surface area contributed by atoms with Gasteiger partial charge >= 0.3 is 5.97 Å². The molecule has 0 saturated carbocycles. The first-order valence-electron chi connectivity index (χ1n) is 4.01. The zero-order chi connectivity index (χ0) is 10.1. The maximum Gasteiger partial charge on any atom is 0.309 e. The van der Waals surface area contributed by atoms with E-state index in [1.54, 1.807) is 28.9 Å². The fourth-order valence-electron chi connectivity index (χ4n) is 1.27. The third-order valence-electron chi connectivity index (χ3n) is 1.82. The Morgan fingerprint density at radius 3 is 3.07 bits per heavy atom. The smallest absolute Gasteiger partial charge is 0.309 e. The van der Waals surface area contributed by atoms with E-state index in [9.17, 15) is 4.79 Å². The minimum absolute atomic E-state index is 0.0853. The molecule has 0 aromatic carbocycles. The SMILES string of the molecule is O=C(O)Cc1cn2cccc(Cl)c2n1. The van der Waals surface area contributed by atoms with Crippen LogP contribution in [0.25, 0.3) is 5.65 Å². The van der Waals surface area contributed by atoms with Crippen LogP contribution in [0.5, 0.6) is 0 Å². The molecule has 0 aliphatic carbocycles. The molecular weight excluding hydrogens is 204 g/mol. The molecule has 0 amide bonds. The van der Waals surface area contributed by atoms with Gasteiger partial charge in [-0.15, -0.1) is 0 Å². The second-order valence-electron chi connectivity index (χ2n) is 2.89. The summed E-state index contributed by atoms with van der Waals surface area (Å²) in [5, 5.41) is 9.10. The molecule has 1 N–H and O–H groups in total. The van der Waals surface area contributed by atoms with Crippen LogP contribution >= 0.6 is 11.6 Å². The molecule has 72 valence electrons. The third kappa shape index (κ3) is 1.56. The highest BCUT2D eigenvalue weighted by atomic mass is 35.5. The lowest BCUT2D eigenvalue weighted by Gasteiger charge is -1.92. The number of halogens is 1. The van der Waals surface area contributed by atoms with Crippen LogP contribution in [-0.2, 0) is 11.2 Å². The number of aromatic nitrogens is 2. The van der Waals surface area contributed by atoms with E-state index in [-0.39, 0.29) is 6.42 Å². The Morgan fingerprint density at radius 1 is 1.64 bits per heavy atom. The van der Waals surface area contributed by atoms with Crippen molar-refractivity contribution < 1.29 is 9.90 Å². The number of fused-ring (bicyclic) bond motifs is 1. The van der Waals surface area contributed by atoms with E-state index in [4.69, 9.17) is 16.7 Å². The molecule has 0 radical (unpaired) electrons. The number of carbonyl (C=O) groups is 1. The Bertz CT molecular complexity index is 493. The number of aliphatic carboxylic acids is 1. The molecule has 0 bridgehead atoms. The highest BCUT2D eigenvalue weighted by Crippen LogP contribution is 2.16. The lowest BCUT2D eigenvalue weighted by molar-refractivity contribution is -0.136. The zero-order valence-corrected chi connectivity index (χ0v) is 7.90. The first-order valence-corrected chi connectivity index (χ1v) is 4.38. The van der Waals surface area contributed by atoms with E-state index in [0.717, 1.165) is 0 Å². The fourth-order valence-corrected chi connectivity index (χ4v) is 1.48. The van der Waals surface area contributed by atoms with Crippen LogP contribution in [0.15, 0.2) is 24.5 Å². The number of hydrogen-bond donors (Lipinski definition) is 1. The second-order valence-corrected chi connectivity index (χ2v) is 3.30. The molecule has 2 aromatic rings. The molecule has 0 atom stereocenters. The molecule has 5 heteroatoms. The maximum atomic E-state index is 10.4. The van der Waals surface area contributed by atoms with Crippen LogP contribution in [0.4, 0.5) is 0 Å². The van der Waals surface area contributed by atoms with E-state index in [0.29, 0.717) is 16.4 Å². The van der Waals surface area contributed by atoms with Crippen LogP contribution in [0.3, 0.4) is 0 Å². The van der Waals surface area contributed by atoms with Gasteiger partial charge in [0.2, 0.25) is 0 Å². The van der Waals surface area contributed by atoms with Gasteiger partial charge in [0.05, 0.1) is 17.1 Å². The first-order chi connectivity index (χ1) is 6.66. The number of nitrogens with zero attached hydrogens (tertiary/aromatic N) is 2. The number of hydrogen-bond acceptors (Lipinski definition) is 2. The van der Waals surface area contributed by atoms with Crippen molar-refractivity contribution in [3.05, 3.63) is 35.2 Å². The van der Waals surface area contributed by atoms with Crippen molar-refractivity contribution >= 4 is 23.2 Å². The molecule has 0 saturated heterocycles. The summed E-state index contributed by atoms with van der Waals surface area (Å²) in [5.74, 6) is -0.899. The largest absolute Gasteiger partial charge is 0.481 e. The quantitative estimate of drug-likeness (QED) is 0.820. The number of pyridine rings is 1. The van der Waals surface area contributed by atoms with Gasteiger partial charge in [0.1, 0.15) is 0 Å². The first kappa shape index (κ1) is 9.02. The van der Waals surface area contributed by atoms with Gasteiger partial charge in [-0.2, -0.15) is 0 Å². The second kappa shape index (κ2) is 3.31. The number of rotatable bonds is 2. The van der Waals surface area contributed by atoms with Gasteiger partial charge in [-0.1, -0.05) is 11.6 Å². The Kier molecular flexibility index (Phi) is 2.13. The molecule has 2 aromatic heterocycles. The lowest BCUT2D eigenvalue weighted by Crippen LogP contribution is -1.99. The minimum Gasteiger partial charge on any atom is -0.481 e. The summed E-state index contributed by atoms with van der Waals surface area (Å²) in [5.41, 5.74) is 1.09. The highest BCUT2D eigenvalue weighted by molar-refractivity contribution is 6.33. The van der Waals surface area contributed by atoms with Gasteiger partial charge < -0.3 is 9.51 Å². The summed E-state index contributed by atoms with van der Waals surface area (Å²) in [6.45, 7) is 0. The van der Waals surface area contributed by atoms with Gasteiger partial charge in [-0.25, -0.2) is 4.98 Å². The Balaban J connectivity index is 2.51. The molecule has 0 aliphatic heterocycles. The Labute approximate surface area is 84.8 Å². The summed E-state index contributed by atoms with van der Waals surface area (Å²) >= 11 is 5.88. The predicted octanol–water partition coefficient (Wildman–Crippen LogP) is 1.61. The van der Waals surface area contributed by atoms with Crippen LogP contribution in [-0.4, -0.2) is 20.5 Å². The zero-order valence-electron chi connectivity index (χ0n) is 7.14. The van der Waals surface area contributed by atoms with Gasteiger partial charge in [0, 0.05) is 12.4 Å². The molecule has 4 nitrogen and oxygen atoms in total. The average molecular weight is 211 g/mol. The topological polar surface area (TPSA) is 54.6 Å². The molecule has 2 rings (SSSR count).